The summed E-state index contributed by atoms with van der Waals surface area (Å²) in [6, 6.07) is 24.7. The van der Waals surface area contributed by atoms with Gasteiger partial charge in [-0.2, -0.15) is 11.6 Å². The predicted octanol–water partition coefficient (Wildman–Crippen LogP) is 13.3. The van der Waals surface area contributed by atoms with Crippen molar-refractivity contribution in [3.8, 4) is 0 Å². The molecule has 7 heteroatoms. The molecular weight excluding hydrogens is 722 g/mol. The predicted molar refractivity (Wildman–Crippen MR) is 191 cm³/mol. The molecule has 0 aromatic heterocycles. The fraction of sp³-hybridized carbons (Fsp3) is 0.302. The van der Waals surface area contributed by atoms with Gasteiger partial charge in [0.05, 0.1) is 0 Å². The van der Waals surface area contributed by atoms with E-state index in [2.05, 4.69) is 102 Å². The van der Waals surface area contributed by atoms with Crippen molar-refractivity contribution in [2.75, 3.05) is 0 Å². The maximum absolute atomic E-state index is 12.5. The second kappa shape index (κ2) is 16.3. The van der Waals surface area contributed by atoms with Gasteiger partial charge in [-0.25, -0.2) is 6.08 Å². The van der Waals surface area contributed by atoms with E-state index in [4.69, 9.17) is 0 Å². The number of fused-ring (bicyclic) bond motifs is 3. The van der Waals surface area contributed by atoms with Gasteiger partial charge in [0.1, 0.15) is 0 Å². The Hall–Kier alpha value is -3.44. The maximum atomic E-state index is 12.5. The van der Waals surface area contributed by atoms with E-state index < -0.39 is 23.5 Å². The van der Waals surface area contributed by atoms with Gasteiger partial charge in [-0.15, -0.1) is 39.7 Å². The average molecular weight is 764 g/mol. The summed E-state index contributed by atoms with van der Waals surface area (Å²) in [6.07, 6.45) is 3.06. The molecule has 0 heterocycles. The number of unbranched alkanes of at least 4 members (excludes halogenated alkanes) is 1. The Balaban J connectivity index is 0.000000176. The van der Waals surface area contributed by atoms with E-state index in [1.165, 1.54) is 81.8 Å². The number of hydrogen-bond acceptors (Lipinski definition) is 0. The number of alkyl halides is 6. The Labute approximate surface area is 306 Å². The third-order valence-corrected chi connectivity index (χ3v) is 10.0. The first kappa shape index (κ1) is 39.4. The van der Waals surface area contributed by atoms with Crippen LogP contribution in [0.5, 0.6) is 0 Å². The zero-order valence-electron chi connectivity index (χ0n) is 29.3. The molecule has 260 valence electrons. The summed E-state index contributed by atoms with van der Waals surface area (Å²) >= 11 is 0.898. The first-order chi connectivity index (χ1) is 23.4. The fourth-order valence-electron chi connectivity index (χ4n) is 5.65. The Morgan fingerprint density at radius 2 is 1.14 bits per heavy atom. The van der Waals surface area contributed by atoms with Crippen molar-refractivity contribution in [3.63, 3.8) is 0 Å². The van der Waals surface area contributed by atoms with Crippen LogP contribution in [0.4, 0.5) is 26.3 Å². The molecule has 5 aromatic carbocycles. The number of rotatable bonds is 5. The zero-order valence-corrected chi connectivity index (χ0v) is 31.7. The second-order valence-corrected chi connectivity index (χ2v) is 15.0. The Bertz CT molecular complexity index is 1850. The van der Waals surface area contributed by atoms with Gasteiger partial charge in [0.2, 0.25) is 0 Å². The molecule has 0 spiro atoms. The Morgan fingerprint density at radius 3 is 1.50 bits per heavy atom. The third kappa shape index (κ3) is 10.5. The minimum absolute atomic E-state index is 0.300. The van der Waals surface area contributed by atoms with Crippen LogP contribution in [0.15, 0.2) is 109 Å². The van der Waals surface area contributed by atoms with E-state index in [0.717, 1.165) is 48.5 Å². The fourth-order valence-corrected chi connectivity index (χ4v) is 6.47. The molecule has 0 saturated carbocycles. The standard InChI is InChI=1S/C15H8F6.C15H13.C13H21.Zr/c16-14(17,18)12-5-1-10(2-6-12)9-11-3-7-13(8-4-11)15(19,20)21;1-10-3-5-14-12(7-10)9-13-8-11(2)4-6-15(13)14;1-5-6-7-11-8-9-12(10-11)13(2,3)4;/h1-8H;3-9H,1-2H3;9-11H,5-7H2,1-4H3;/q;2*-1;+2. The normalized spacial score (nSPS) is 14.6. The zero-order chi connectivity index (χ0) is 36.9. The molecule has 0 nitrogen and oxygen atoms in total. The van der Waals surface area contributed by atoms with E-state index in [1.54, 1.807) is 0 Å². The van der Waals surface area contributed by atoms with Crippen molar-refractivity contribution < 1.29 is 50.6 Å². The van der Waals surface area contributed by atoms with E-state index in [9.17, 15) is 26.3 Å². The topological polar surface area (TPSA) is 0 Å². The molecular formula is C43H42F6Zr. The van der Waals surface area contributed by atoms with Crippen molar-refractivity contribution in [3.05, 3.63) is 148 Å². The number of benzene rings is 4. The number of halogens is 6. The first-order valence-corrected chi connectivity index (χ1v) is 17.9. The molecule has 0 radical (unpaired) electrons. The first-order valence-electron chi connectivity index (χ1n) is 16.7. The summed E-state index contributed by atoms with van der Waals surface area (Å²) in [4.78, 5) is 0. The molecule has 0 saturated heterocycles. The molecule has 50 heavy (non-hydrogen) atoms. The van der Waals surface area contributed by atoms with Crippen LogP contribution >= 0.6 is 0 Å². The SMILES string of the molecule is CCCCC1[C-]=CC(C(C)(C)C)=C1.Cc1ccc2c(c1)[cH-]c1cc(C)ccc12.FC(F)(F)c1ccc([C](=[Zr+2])c2ccc(C(F)(F)F)cc2)cc1. The van der Waals surface area contributed by atoms with Crippen molar-refractivity contribution in [1.29, 1.82) is 0 Å². The molecule has 0 amide bonds. The van der Waals surface area contributed by atoms with Gasteiger partial charge >= 0.3 is 137 Å². The molecule has 1 unspecified atom stereocenters. The molecule has 1 aliphatic carbocycles. The van der Waals surface area contributed by atoms with Gasteiger partial charge in [0.15, 0.2) is 0 Å². The molecule has 6 rings (SSSR count). The van der Waals surface area contributed by atoms with Crippen molar-refractivity contribution in [2.45, 2.75) is 73.2 Å². The minimum atomic E-state index is -4.41. The summed E-state index contributed by atoms with van der Waals surface area (Å²) < 4.78 is 75.6. The van der Waals surface area contributed by atoms with E-state index in [0.29, 0.717) is 25.7 Å². The van der Waals surface area contributed by atoms with Gasteiger partial charge < -0.3 is 0 Å². The van der Waals surface area contributed by atoms with Crippen LogP contribution in [0.2, 0.25) is 0 Å². The van der Waals surface area contributed by atoms with Gasteiger partial charge in [-0.1, -0.05) is 93.7 Å². The van der Waals surface area contributed by atoms with E-state index >= 15 is 0 Å². The molecule has 0 fully saturated rings. The van der Waals surface area contributed by atoms with Gasteiger partial charge in [-0.05, 0) is 13.8 Å². The van der Waals surface area contributed by atoms with Gasteiger partial charge in [-0.3, -0.25) is 6.08 Å². The van der Waals surface area contributed by atoms with Gasteiger partial charge in [0.25, 0.3) is 0 Å². The summed E-state index contributed by atoms with van der Waals surface area (Å²) in [5.74, 6) is 0.592. The second-order valence-electron chi connectivity index (χ2n) is 13.8. The quantitative estimate of drug-likeness (QED) is 0.124. The van der Waals surface area contributed by atoms with Crippen LogP contribution in [0.25, 0.3) is 21.5 Å². The van der Waals surface area contributed by atoms with E-state index in [1.807, 2.05) is 0 Å². The van der Waals surface area contributed by atoms with Crippen LogP contribution in [0.1, 0.15) is 80.3 Å². The molecule has 1 atom stereocenters. The average Bonchev–Trinajstić information content (AvgIpc) is 3.68. The van der Waals surface area contributed by atoms with Gasteiger partial charge in [0, 0.05) is 0 Å². The Morgan fingerprint density at radius 1 is 0.700 bits per heavy atom. The van der Waals surface area contributed by atoms with Crippen molar-refractivity contribution in [2.24, 2.45) is 11.3 Å². The van der Waals surface area contributed by atoms with Crippen LogP contribution in [-0.4, -0.2) is 3.21 Å². The summed E-state index contributed by atoms with van der Waals surface area (Å²) in [5.41, 5.74) is 4.02. The summed E-state index contributed by atoms with van der Waals surface area (Å²) in [5, 5.41) is 5.46. The molecule has 0 bridgehead atoms. The number of allylic oxidation sites excluding steroid dienone is 4. The Kier molecular flexibility index (Phi) is 12.8. The van der Waals surface area contributed by atoms with E-state index in [-0.39, 0.29) is 0 Å². The van der Waals surface area contributed by atoms with Crippen molar-refractivity contribution in [1.82, 2.24) is 0 Å². The van der Waals surface area contributed by atoms with Crippen molar-refractivity contribution >= 4 is 24.8 Å². The summed E-state index contributed by atoms with van der Waals surface area (Å²) in [7, 11) is 0. The molecule has 0 N–H and O–H groups in total. The van der Waals surface area contributed by atoms with Crippen LogP contribution in [0, 0.1) is 31.3 Å². The monoisotopic (exact) mass is 762 g/mol. The molecule has 1 aliphatic rings. The molecule has 5 aromatic rings. The van der Waals surface area contributed by atoms with Crippen LogP contribution in [-0.2, 0) is 36.6 Å². The van der Waals surface area contributed by atoms with Crippen LogP contribution < -0.4 is 0 Å². The third-order valence-electron chi connectivity index (χ3n) is 8.59. The summed E-state index contributed by atoms with van der Waals surface area (Å²) in [6.45, 7) is 13.3. The molecule has 0 aliphatic heterocycles. The number of aryl methyl sites for hydroxylation is 2. The number of hydrogen-bond donors (Lipinski definition) is 0. The van der Waals surface area contributed by atoms with Crippen LogP contribution in [0.3, 0.4) is 0 Å².